The van der Waals surface area contributed by atoms with Gasteiger partial charge in [0.05, 0.1) is 6.61 Å². The van der Waals surface area contributed by atoms with E-state index in [2.05, 4.69) is 31.1 Å². The predicted octanol–water partition coefficient (Wildman–Crippen LogP) is 2.64. The molecule has 3 heteroatoms. The normalized spacial score (nSPS) is 18.2. The third-order valence-corrected chi connectivity index (χ3v) is 5.07. The summed E-state index contributed by atoms with van der Waals surface area (Å²) in [5, 5.41) is 12.8. The number of nitrogens with zero attached hydrogens (tertiary/aromatic N) is 1. The largest absolute Gasteiger partial charge is 0.395 e. The number of rotatable bonds is 9. The van der Waals surface area contributed by atoms with Crippen molar-refractivity contribution in [3.05, 3.63) is 0 Å². The molecule has 19 heavy (non-hydrogen) atoms. The van der Waals surface area contributed by atoms with Crippen molar-refractivity contribution in [3.8, 4) is 0 Å². The Morgan fingerprint density at radius 3 is 2.26 bits per heavy atom. The van der Waals surface area contributed by atoms with Gasteiger partial charge in [-0.25, -0.2) is 0 Å². The minimum Gasteiger partial charge on any atom is -0.395 e. The minimum atomic E-state index is 0.291. The standard InChI is InChI=1S/C16H34N2O/c1-4-16(5-2,13-17-3)14-18(11-12-19)15-9-7-6-8-10-15/h15,17,19H,4-14H2,1-3H3. The van der Waals surface area contributed by atoms with E-state index in [1.165, 1.54) is 44.9 Å². The van der Waals surface area contributed by atoms with Crippen LogP contribution in [0.2, 0.25) is 0 Å². The fourth-order valence-corrected chi connectivity index (χ4v) is 3.55. The van der Waals surface area contributed by atoms with Crippen LogP contribution in [0.3, 0.4) is 0 Å². The fourth-order valence-electron chi connectivity index (χ4n) is 3.55. The number of aliphatic hydroxyl groups excluding tert-OH is 1. The molecule has 1 rings (SSSR count). The Hall–Kier alpha value is -0.120. The number of hydrogen-bond donors (Lipinski definition) is 2. The van der Waals surface area contributed by atoms with Crippen molar-refractivity contribution >= 4 is 0 Å². The Labute approximate surface area is 119 Å². The molecule has 0 amide bonds. The maximum absolute atomic E-state index is 9.38. The lowest BCUT2D eigenvalue weighted by Crippen LogP contribution is -2.48. The van der Waals surface area contributed by atoms with Gasteiger partial charge in [0.15, 0.2) is 0 Å². The van der Waals surface area contributed by atoms with Crippen molar-refractivity contribution in [3.63, 3.8) is 0 Å². The maximum atomic E-state index is 9.38. The number of hydrogen-bond acceptors (Lipinski definition) is 3. The summed E-state index contributed by atoms with van der Waals surface area (Å²) in [6.07, 6.45) is 9.19. The zero-order valence-electron chi connectivity index (χ0n) is 13.2. The summed E-state index contributed by atoms with van der Waals surface area (Å²) in [7, 11) is 2.05. The first kappa shape index (κ1) is 16.9. The lowest BCUT2D eigenvalue weighted by molar-refractivity contribution is 0.0649. The van der Waals surface area contributed by atoms with Crippen molar-refractivity contribution in [2.45, 2.75) is 64.8 Å². The zero-order chi connectivity index (χ0) is 14.1. The summed E-state index contributed by atoms with van der Waals surface area (Å²) >= 11 is 0. The molecule has 0 bridgehead atoms. The molecule has 3 nitrogen and oxygen atoms in total. The van der Waals surface area contributed by atoms with Crippen LogP contribution < -0.4 is 5.32 Å². The first-order chi connectivity index (χ1) is 9.21. The van der Waals surface area contributed by atoms with Gasteiger partial charge in [-0.15, -0.1) is 0 Å². The average Bonchev–Trinajstić information content (AvgIpc) is 2.47. The van der Waals surface area contributed by atoms with Gasteiger partial charge in [-0.05, 0) is 38.1 Å². The lowest BCUT2D eigenvalue weighted by atomic mass is 9.80. The first-order valence-corrected chi connectivity index (χ1v) is 8.21. The summed E-state index contributed by atoms with van der Waals surface area (Å²) in [6.45, 7) is 7.95. The highest BCUT2D eigenvalue weighted by Gasteiger charge is 2.31. The third kappa shape index (κ3) is 5.05. The highest BCUT2D eigenvalue weighted by molar-refractivity contribution is 4.86. The van der Waals surface area contributed by atoms with Gasteiger partial charge in [-0.2, -0.15) is 0 Å². The van der Waals surface area contributed by atoms with Gasteiger partial charge in [0.1, 0.15) is 0 Å². The van der Waals surface area contributed by atoms with Crippen LogP contribution in [0.4, 0.5) is 0 Å². The van der Waals surface area contributed by atoms with Crippen LogP contribution in [0.1, 0.15) is 58.8 Å². The second-order valence-corrected chi connectivity index (χ2v) is 6.22. The van der Waals surface area contributed by atoms with E-state index in [1.807, 2.05) is 0 Å². The number of aliphatic hydroxyl groups is 1. The monoisotopic (exact) mass is 270 g/mol. The molecule has 0 aromatic rings. The van der Waals surface area contributed by atoms with Crippen LogP contribution in [-0.2, 0) is 0 Å². The average molecular weight is 270 g/mol. The molecule has 0 atom stereocenters. The fraction of sp³-hybridized carbons (Fsp3) is 1.00. The van der Waals surface area contributed by atoms with E-state index in [9.17, 15) is 5.11 Å². The second-order valence-electron chi connectivity index (χ2n) is 6.22. The smallest absolute Gasteiger partial charge is 0.0558 e. The predicted molar refractivity (Wildman–Crippen MR) is 82.5 cm³/mol. The Kier molecular flexibility index (Phi) is 7.96. The molecule has 0 aliphatic heterocycles. The molecule has 2 N–H and O–H groups in total. The van der Waals surface area contributed by atoms with Crippen LogP contribution >= 0.6 is 0 Å². The molecule has 1 fully saturated rings. The van der Waals surface area contributed by atoms with Gasteiger partial charge >= 0.3 is 0 Å². The van der Waals surface area contributed by atoms with Crippen molar-refractivity contribution in [2.24, 2.45) is 5.41 Å². The summed E-state index contributed by atoms with van der Waals surface area (Å²) in [4.78, 5) is 2.57. The maximum Gasteiger partial charge on any atom is 0.0558 e. The van der Waals surface area contributed by atoms with Crippen molar-refractivity contribution in [1.82, 2.24) is 10.2 Å². The van der Waals surface area contributed by atoms with Crippen LogP contribution in [0, 0.1) is 5.41 Å². The molecule has 0 spiro atoms. The summed E-state index contributed by atoms with van der Waals surface area (Å²) < 4.78 is 0. The lowest BCUT2D eigenvalue weighted by Gasteiger charge is -2.42. The second kappa shape index (κ2) is 8.93. The quantitative estimate of drug-likeness (QED) is 0.676. The molecule has 0 radical (unpaired) electrons. The Balaban J connectivity index is 2.67. The van der Waals surface area contributed by atoms with Gasteiger partial charge in [0.25, 0.3) is 0 Å². The molecule has 1 aliphatic carbocycles. The van der Waals surface area contributed by atoms with Crippen molar-refractivity contribution in [2.75, 3.05) is 33.3 Å². The molecule has 114 valence electrons. The molecule has 0 aromatic heterocycles. The van der Waals surface area contributed by atoms with E-state index in [0.29, 0.717) is 18.1 Å². The summed E-state index contributed by atoms with van der Waals surface area (Å²) in [5.41, 5.74) is 0.362. The van der Waals surface area contributed by atoms with Crippen LogP contribution in [0.25, 0.3) is 0 Å². The van der Waals surface area contributed by atoms with Gasteiger partial charge in [0, 0.05) is 25.7 Å². The molecule has 1 aliphatic rings. The highest BCUT2D eigenvalue weighted by atomic mass is 16.3. The molecular weight excluding hydrogens is 236 g/mol. The highest BCUT2D eigenvalue weighted by Crippen LogP contribution is 2.30. The molecule has 0 saturated heterocycles. The molecule has 0 heterocycles. The summed E-state index contributed by atoms with van der Waals surface area (Å²) in [6, 6.07) is 0.704. The van der Waals surface area contributed by atoms with Crippen LogP contribution in [0.15, 0.2) is 0 Å². The molecule has 0 aromatic carbocycles. The van der Waals surface area contributed by atoms with E-state index in [-0.39, 0.29) is 0 Å². The molecular formula is C16H34N2O. The van der Waals surface area contributed by atoms with E-state index in [4.69, 9.17) is 0 Å². The van der Waals surface area contributed by atoms with Crippen molar-refractivity contribution < 1.29 is 5.11 Å². The Morgan fingerprint density at radius 1 is 1.16 bits per heavy atom. The van der Waals surface area contributed by atoms with Gasteiger partial charge in [-0.3, -0.25) is 4.90 Å². The number of nitrogens with one attached hydrogen (secondary N) is 1. The van der Waals surface area contributed by atoms with E-state index >= 15 is 0 Å². The van der Waals surface area contributed by atoms with E-state index in [0.717, 1.165) is 19.6 Å². The summed E-state index contributed by atoms with van der Waals surface area (Å²) in [5.74, 6) is 0. The molecule has 0 unspecified atom stereocenters. The topological polar surface area (TPSA) is 35.5 Å². The van der Waals surface area contributed by atoms with Gasteiger partial charge in [-0.1, -0.05) is 33.1 Å². The minimum absolute atomic E-state index is 0.291. The first-order valence-electron chi connectivity index (χ1n) is 8.21. The van der Waals surface area contributed by atoms with Gasteiger partial charge in [0.2, 0.25) is 0 Å². The van der Waals surface area contributed by atoms with E-state index < -0.39 is 0 Å². The third-order valence-electron chi connectivity index (χ3n) is 5.07. The molecule has 1 saturated carbocycles. The SMILES string of the molecule is CCC(CC)(CNC)CN(CCO)C1CCCCC1. The van der Waals surface area contributed by atoms with Crippen molar-refractivity contribution in [1.29, 1.82) is 0 Å². The Morgan fingerprint density at radius 2 is 1.79 bits per heavy atom. The van der Waals surface area contributed by atoms with Crippen LogP contribution in [0.5, 0.6) is 0 Å². The van der Waals surface area contributed by atoms with Gasteiger partial charge < -0.3 is 10.4 Å². The Bertz CT molecular complexity index is 223. The zero-order valence-corrected chi connectivity index (χ0v) is 13.2. The van der Waals surface area contributed by atoms with E-state index in [1.54, 1.807) is 0 Å². The van der Waals surface area contributed by atoms with Crippen LogP contribution in [-0.4, -0.2) is 49.3 Å².